The SMILES string of the molecule is CC(C)c1nnc2ccc(Sc3c(Cl)cc(Cl)cc3Cl)cn12. The Labute approximate surface area is 147 Å². The lowest BCUT2D eigenvalue weighted by Crippen LogP contribution is -1.96. The van der Waals surface area contributed by atoms with Crippen LogP contribution in [0.1, 0.15) is 25.6 Å². The van der Waals surface area contributed by atoms with Crippen molar-refractivity contribution in [3.05, 3.63) is 51.4 Å². The van der Waals surface area contributed by atoms with Gasteiger partial charge < -0.3 is 0 Å². The normalized spacial score (nSPS) is 11.5. The molecule has 0 atom stereocenters. The summed E-state index contributed by atoms with van der Waals surface area (Å²) >= 11 is 19.9. The third kappa shape index (κ3) is 3.06. The van der Waals surface area contributed by atoms with Crippen LogP contribution in [0.5, 0.6) is 0 Å². The zero-order valence-electron chi connectivity index (χ0n) is 11.8. The largest absolute Gasteiger partial charge is 0.285 e. The summed E-state index contributed by atoms with van der Waals surface area (Å²) in [6.07, 6.45) is 2.00. The van der Waals surface area contributed by atoms with E-state index in [1.807, 2.05) is 22.7 Å². The first-order chi connectivity index (χ1) is 10.5. The molecule has 0 amide bonds. The summed E-state index contributed by atoms with van der Waals surface area (Å²) in [5.41, 5.74) is 0.821. The second-order valence-electron chi connectivity index (χ2n) is 5.11. The fourth-order valence-corrected chi connectivity index (χ4v) is 3.98. The minimum Gasteiger partial charge on any atom is -0.285 e. The van der Waals surface area contributed by atoms with E-state index in [0.717, 1.165) is 21.3 Å². The zero-order valence-corrected chi connectivity index (χ0v) is 14.9. The Morgan fingerprint density at radius 1 is 1.05 bits per heavy atom. The minimum atomic E-state index is 0.290. The highest BCUT2D eigenvalue weighted by Crippen LogP contribution is 2.40. The Balaban J connectivity index is 2.03. The van der Waals surface area contributed by atoms with E-state index >= 15 is 0 Å². The molecule has 114 valence electrons. The maximum absolute atomic E-state index is 6.24. The van der Waals surface area contributed by atoms with Gasteiger partial charge in [0.15, 0.2) is 5.65 Å². The van der Waals surface area contributed by atoms with Gasteiger partial charge in [-0.15, -0.1) is 10.2 Å². The molecule has 2 aromatic heterocycles. The van der Waals surface area contributed by atoms with Gasteiger partial charge in [0.25, 0.3) is 0 Å². The van der Waals surface area contributed by atoms with Crippen LogP contribution in [0, 0.1) is 0 Å². The summed E-state index contributed by atoms with van der Waals surface area (Å²) in [7, 11) is 0. The van der Waals surface area contributed by atoms with Crippen molar-refractivity contribution in [3.63, 3.8) is 0 Å². The second-order valence-corrected chi connectivity index (χ2v) is 7.44. The van der Waals surface area contributed by atoms with Crippen molar-refractivity contribution < 1.29 is 0 Å². The van der Waals surface area contributed by atoms with E-state index in [1.165, 1.54) is 11.8 Å². The van der Waals surface area contributed by atoms with Crippen LogP contribution in [0.25, 0.3) is 5.65 Å². The number of halogens is 3. The van der Waals surface area contributed by atoms with Crippen LogP contribution >= 0.6 is 46.6 Å². The number of fused-ring (bicyclic) bond motifs is 1. The average Bonchev–Trinajstić information content (AvgIpc) is 2.86. The molecule has 0 saturated heterocycles. The van der Waals surface area contributed by atoms with E-state index < -0.39 is 0 Å². The van der Waals surface area contributed by atoms with Gasteiger partial charge in [0.05, 0.1) is 10.0 Å². The van der Waals surface area contributed by atoms with Gasteiger partial charge >= 0.3 is 0 Å². The Morgan fingerprint density at radius 3 is 2.36 bits per heavy atom. The molecule has 3 aromatic rings. The molecule has 0 aliphatic rings. The summed E-state index contributed by atoms with van der Waals surface area (Å²) in [5, 5.41) is 9.99. The number of rotatable bonds is 3. The van der Waals surface area contributed by atoms with Crippen molar-refractivity contribution in [3.8, 4) is 0 Å². The Hall–Kier alpha value is -0.940. The Morgan fingerprint density at radius 2 is 1.73 bits per heavy atom. The van der Waals surface area contributed by atoms with Gasteiger partial charge in [0.1, 0.15) is 5.82 Å². The lowest BCUT2D eigenvalue weighted by Gasteiger charge is -2.09. The summed E-state index contributed by atoms with van der Waals surface area (Å²) in [6, 6.07) is 7.28. The molecule has 0 bridgehead atoms. The number of aromatic nitrogens is 3. The van der Waals surface area contributed by atoms with E-state index in [2.05, 4.69) is 24.0 Å². The molecule has 3 nitrogen and oxygen atoms in total. The highest BCUT2D eigenvalue weighted by atomic mass is 35.5. The van der Waals surface area contributed by atoms with Gasteiger partial charge in [-0.1, -0.05) is 60.4 Å². The molecule has 0 spiro atoms. The second kappa shape index (κ2) is 6.28. The number of hydrogen-bond donors (Lipinski definition) is 0. The smallest absolute Gasteiger partial charge is 0.160 e. The van der Waals surface area contributed by atoms with Gasteiger partial charge in [-0.25, -0.2) is 0 Å². The van der Waals surface area contributed by atoms with Gasteiger partial charge in [0.2, 0.25) is 0 Å². The molecule has 0 aliphatic heterocycles. The highest BCUT2D eigenvalue weighted by Gasteiger charge is 2.13. The molecule has 0 fully saturated rings. The van der Waals surface area contributed by atoms with E-state index in [0.29, 0.717) is 15.1 Å². The maximum atomic E-state index is 6.24. The molecular formula is C15H12Cl3N3S. The molecule has 0 saturated carbocycles. The van der Waals surface area contributed by atoms with Crippen molar-refractivity contribution in [2.45, 2.75) is 29.6 Å². The third-order valence-corrected chi connectivity index (χ3v) is 5.26. The zero-order chi connectivity index (χ0) is 15.9. The fraction of sp³-hybridized carbons (Fsp3) is 0.200. The Kier molecular flexibility index (Phi) is 4.55. The average molecular weight is 373 g/mol. The predicted molar refractivity (Wildman–Crippen MR) is 92.7 cm³/mol. The quantitative estimate of drug-likeness (QED) is 0.568. The lowest BCUT2D eigenvalue weighted by molar-refractivity contribution is 0.756. The Bertz CT molecular complexity index is 822. The van der Waals surface area contributed by atoms with Crippen LogP contribution in [-0.4, -0.2) is 14.6 Å². The minimum absolute atomic E-state index is 0.290. The van der Waals surface area contributed by atoms with Crippen LogP contribution in [0.2, 0.25) is 15.1 Å². The van der Waals surface area contributed by atoms with Crippen LogP contribution < -0.4 is 0 Å². The first-order valence-corrected chi connectivity index (χ1v) is 8.58. The standard InChI is InChI=1S/C15H12Cl3N3S/c1-8(2)15-20-19-13-4-3-10(7-21(13)15)22-14-11(17)5-9(16)6-12(14)18/h3-8H,1-2H3. The van der Waals surface area contributed by atoms with E-state index in [9.17, 15) is 0 Å². The molecule has 2 heterocycles. The van der Waals surface area contributed by atoms with Crippen LogP contribution in [-0.2, 0) is 0 Å². The van der Waals surface area contributed by atoms with Crippen LogP contribution in [0.4, 0.5) is 0 Å². The molecule has 1 aromatic carbocycles. The number of benzene rings is 1. The maximum Gasteiger partial charge on any atom is 0.160 e. The lowest BCUT2D eigenvalue weighted by atomic mass is 10.2. The molecule has 0 N–H and O–H groups in total. The summed E-state index contributed by atoms with van der Waals surface area (Å²) in [4.78, 5) is 1.78. The molecule has 7 heteroatoms. The molecular weight excluding hydrogens is 361 g/mol. The summed E-state index contributed by atoms with van der Waals surface area (Å²) < 4.78 is 1.99. The molecule has 22 heavy (non-hydrogen) atoms. The van der Waals surface area contributed by atoms with E-state index in [-0.39, 0.29) is 5.92 Å². The van der Waals surface area contributed by atoms with Crippen molar-refractivity contribution in [2.24, 2.45) is 0 Å². The van der Waals surface area contributed by atoms with Crippen LogP contribution in [0.3, 0.4) is 0 Å². The highest BCUT2D eigenvalue weighted by molar-refractivity contribution is 7.99. The summed E-state index contributed by atoms with van der Waals surface area (Å²) in [6.45, 7) is 4.17. The topological polar surface area (TPSA) is 30.2 Å². The first kappa shape index (κ1) is 15.9. The molecule has 0 radical (unpaired) electrons. The van der Waals surface area contributed by atoms with Crippen molar-refractivity contribution >= 4 is 52.2 Å². The van der Waals surface area contributed by atoms with Crippen molar-refractivity contribution in [1.82, 2.24) is 14.6 Å². The van der Waals surface area contributed by atoms with Crippen molar-refractivity contribution in [2.75, 3.05) is 0 Å². The fourth-order valence-electron chi connectivity index (χ4n) is 2.09. The van der Waals surface area contributed by atoms with E-state index in [4.69, 9.17) is 34.8 Å². The van der Waals surface area contributed by atoms with Gasteiger partial charge in [0, 0.05) is 26.9 Å². The van der Waals surface area contributed by atoms with Crippen molar-refractivity contribution in [1.29, 1.82) is 0 Å². The van der Waals surface area contributed by atoms with Gasteiger partial charge in [-0.3, -0.25) is 4.40 Å². The molecule has 0 aliphatic carbocycles. The summed E-state index contributed by atoms with van der Waals surface area (Å²) in [5.74, 6) is 1.21. The molecule has 3 rings (SSSR count). The predicted octanol–water partition coefficient (Wildman–Crippen LogP) is 5.96. The monoisotopic (exact) mass is 371 g/mol. The van der Waals surface area contributed by atoms with Crippen LogP contribution in [0.15, 0.2) is 40.3 Å². The number of nitrogens with zero attached hydrogens (tertiary/aromatic N) is 3. The van der Waals surface area contributed by atoms with E-state index in [1.54, 1.807) is 12.1 Å². The third-order valence-electron chi connectivity index (χ3n) is 3.10. The first-order valence-electron chi connectivity index (χ1n) is 6.63. The molecule has 0 unspecified atom stereocenters. The van der Waals surface area contributed by atoms with Gasteiger partial charge in [-0.2, -0.15) is 0 Å². The van der Waals surface area contributed by atoms with Gasteiger partial charge in [-0.05, 0) is 24.3 Å². The number of pyridine rings is 1. The number of hydrogen-bond acceptors (Lipinski definition) is 3.